The topological polar surface area (TPSA) is 29.3 Å². The van der Waals surface area contributed by atoms with Gasteiger partial charge in [0.2, 0.25) is 5.89 Å². The van der Waals surface area contributed by atoms with E-state index < -0.39 is 30.2 Å². The van der Waals surface area contributed by atoms with Gasteiger partial charge in [0.15, 0.2) is 5.58 Å². The van der Waals surface area contributed by atoms with Crippen molar-refractivity contribution in [2.75, 3.05) is 4.90 Å². The SMILES string of the molecule is [2H]c1c([2H])c([2H])c(-c2nc3c([2H])c([2H])c([2H])c(-c4ccc(N(c5ccccc5)c5ccc(-c6ccc7ccccc7c6)cc5)cc4)c3o2)c([2H])c1[2H]. The normalized spacial score (nSPS) is 13.7. The number of hydrogen-bond donors (Lipinski definition) is 0. The number of nitrogens with zero attached hydrogens (tertiary/aromatic N) is 2. The quantitative estimate of drug-likeness (QED) is 0.198. The van der Waals surface area contributed by atoms with Crippen LogP contribution < -0.4 is 4.90 Å². The lowest BCUT2D eigenvalue weighted by Crippen LogP contribution is -2.09. The van der Waals surface area contributed by atoms with Gasteiger partial charge in [-0.2, -0.15) is 0 Å². The Morgan fingerprint density at radius 3 is 1.89 bits per heavy atom. The van der Waals surface area contributed by atoms with E-state index in [9.17, 15) is 0 Å². The molecule has 0 aliphatic rings. The van der Waals surface area contributed by atoms with Crippen LogP contribution in [0.1, 0.15) is 11.0 Å². The molecular formula is C41H28N2O. The van der Waals surface area contributed by atoms with Crippen LogP contribution in [0, 0.1) is 0 Å². The molecule has 44 heavy (non-hydrogen) atoms. The number of oxazole rings is 1. The third kappa shape index (κ3) is 4.81. The second kappa shape index (κ2) is 11.0. The summed E-state index contributed by atoms with van der Waals surface area (Å²) in [5, 5.41) is 2.36. The molecule has 208 valence electrons. The Morgan fingerprint density at radius 1 is 0.500 bits per heavy atom. The summed E-state index contributed by atoms with van der Waals surface area (Å²) >= 11 is 0. The molecule has 8 aromatic rings. The van der Waals surface area contributed by atoms with Crippen LogP contribution in [0.4, 0.5) is 17.1 Å². The summed E-state index contributed by atoms with van der Waals surface area (Å²) in [7, 11) is 0. The maximum atomic E-state index is 8.83. The van der Waals surface area contributed by atoms with Gasteiger partial charge in [-0.15, -0.1) is 0 Å². The van der Waals surface area contributed by atoms with Crippen molar-refractivity contribution in [3.8, 4) is 33.7 Å². The summed E-state index contributed by atoms with van der Waals surface area (Å²) in [6, 6.07) is 36.8. The van der Waals surface area contributed by atoms with Crippen LogP contribution in [0.5, 0.6) is 0 Å². The minimum Gasteiger partial charge on any atom is -0.435 e. The molecule has 7 aromatic carbocycles. The highest BCUT2D eigenvalue weighted by Crippen LogP contribution is 2.38. The van der Waals surface area contributed by atoms with Crippen LogP contribution in [0.15, 0.2) is 174 Å². The molecule has 8 rings (SSSR count). The fourth-order valence-corrected chi connectivity index (χ4v) is 5.42. The van der Waals surface area contributed by atoms with Crippen molar-refractivity contribution in [1.29, 1.82) is 0 Å². The summed E-state index contributed by atoms with van der Waals surface area (Å²) in [6.07, 6.45) is 0. The van der Waals surface area contributed by atoms with Crippen molar-refractivity contribution >= 4 is 38.9 Å². The molecule has 0 saturated heterocycles. The van der Waals surface area contributed by atoms with E-state index in [1.165, 1.54) is 10.8 Å². The molecule has 0 saturated carbocycles. The number of aromatic nitrogens is 1. The number of benzene rings is 7. The molecule has 1 aromatic heterocycles. The van der Waals surface area contributed by atoms with E-state index in [1.54, 1.807) is 12.1 Å². The Bertz CT molecular complexity index is 2630. The molecule has 0 N–H and O–H groups in total. The van der Waals surface area contributed by atoms with Crippen molar-refractivity contribution in [2.45, 2.75) is 0 Å². The highest BCUT2D eigenvalue weighted by atomic mass is 16.3. The first kappa shape index (κ1) is 18.6. The number of hydrogen-bond acceptors (Lipinski definition) is 3. The summed E-state index contributed by atoms with van der Waals surface area (Å²) in [4.78, 5) is 6.45. The average Bonchev–Trinajstić information content (AvgIpc) is 3.61. The van der Waals surface area contributed by atoms with Gasteiger partial charge in [0.05, 0.1) is 11.0 Å². The summed E-state index contributed by atoms with van der Waals surface area (Å²) in [5.74, 6) is -0.286. The van der Waals surface area contributed by atoms with E-state index >= 15 is 0 Å². The molecule has 0 spiro atoms. The van der Waals surface area contributed by atoms with E-state index in [0.717, 1.165) is 28.2 Å². The van der Waals surface area contributed by atoms with Crippen LogP contribution in [-0.4, -0.2) is 4.98 Å². The Kier molecular flexibility index (Phi) is 4.66. The first-order valence-electron chi connectivity index (χ1n) is 18.1. The highest BCUT2D eigenvalue weighted by molar-refractivity contribution is 5.92. The zero-order valence-electron chi connectivity index (χ0n) is 31.3. The minimum absolute atomic E-state index is 0.0183. The fraction of sp³-hybridized carbons (Fsp3) is 0. The monoisotopic (exact) mass is 572 g/mol. The molecule has 0 bridgehead atoms. The van der Waals surface area contributed by atoms with E-state index in [2.05, 4.69) is 64.5 Å². The minimum atomic E-state index is -0.552. The van der Waals surface area contributed by atoms with E-state index in [4.69, 9.17) is 15.4 Å². The first-order chi connectivity index (χ1) is 25.1. The van der Waals surface area contributed by atoms with Crippen LogP contribution >= 0.6 is 0 Å². The van der Waals surface area contributed by atoms with Crippen molar-refractivity contribution in [3.05, 3.63) is 170 Å². The Balaban J connectivity index is 1.21. The molecule has 1 heterocycles. The molecule has 0 aliphatic carbocycles. The third-order valence-electron chi connectivity index (χ3n) is 7.57. The predicted molar refractivity (Wildman–Crippen MR) is 183 cm³/mol. The van der Waals surface area contributed by atoms with Crippen molar-refractivity contribution in [3.63, 3.8) is 0 Å². The van der Waals surface area contributed by atoms with E-state index in [0.29, 0.717) is 5.56 Å². The molecule has 0 aliphatic heterocycles. The zero-order chi connectivity index (χ0) is 36.3. The van der Waals surface area contributed by atoms with Gasteiger partial charge in [0, 0.05) is 28.2 Å². The lowest BCUT2D eigenvalue weighted by Gasteiger charge is -2.26. The third-order valence-corrected chi connectivity index (χ3v) is 7.57. The number of para-hydroxylation sites is 2. The maximum Gasteiger partial charge on any atom is 0.227 e. The Hall–Kier alpha value is -5.93. The molecule has 3 heteroatoms. The van der Waals surface area contributed by atoms with E-state index in [1.807, 2.05) is 54.6 Å². The van der Waals surface area contributed by atoms with Crippen molar-refractivity contribution in [2.24, 2.45) is 0 Å². The van der Waals surface area contributed by atoms with Gasteiger partial charge < -0.3 is 9.32 Å². The van der Waals surface area contributed by atoms with Crippen LogP contribution in [0.25, 0.3) is 55.6 Å². The van der Waals surface area contributed by atoms with Gasteiger partial charge in [-0.25, -0.2) is 4.98 Å². The molecule has 0 fully saturated rings. The van der Waals surface area contributed by atoms with Gasteiger partial charge >= 0.3 is 0 Å². The molecule has 3 nitrogen and oxygen atoms in total. The second-order valence-electron chi connectivity index (χ2n) is 10.3. The lowest BCUT2D eigenvalue weighted by atomic mass is 10.0. The van der Waals surface area contributed by atoms with Gasteiger partial charge in [-0.3, -0.25) is 0 Å². The van der Waals surface area contributed by atoms with Crippen LogP contribution in [-0.2, 0) is 0 Å². The zero-order valence-corrected chi connectivity index (χ0v) is 23.3. The molecule has 0 unspecified atom stereocenters. The Morgan fingerprint density at radius 2 is 1.14 bits per heavy atom. The van der Waals surface area contributed by atoms with Gasteiger partial charge in [0.1, 0.15) is 5.52 Å². The number of anilines is 3. The van der Waals surface area contributed by atoms with Gasteiger partial charge in [-0.1, -0.05) is 109 Å². The highest BCUT2D eigenvalue weighted by Gasteiger charge is 2.16. The molecule has 0 amide bonds. The Labute approximate surface area is 267 Å². The second-order valence-corrected chi connectivity index (χ2v) is 10.3. The molecule has 0 radical (unpaired) electrons. The summed E-state index contributed by atoms with van der Waals surface area (Å²) in [5.41, 5.74) is 5.35. The standard InChI is InChI=1S/C41H28N2O/c1-3-11-32(12-4-1)41-42-39-17-9-16-38(40(39)44-41)31-22-26-37(27-23-31)43(35-14-5-2-6-15-35)36-24-20-30(21-25-36)34-19-18-29-10-7-8-13-33(29)28-34/h1-28H/i1D,3D,4D,9D,11D,12D,16D,17D. The van der Waals surface area contributed by atoms with Crippen molar-refractivity contribution < 1.29 is 15.4 Å². The van der Waals surface area contributed by atoms with Gasteiger partial charge in [-0.05, 0) is 88.1 Å². The first-order valence-corrected chi connectivity index (χ1v) is 14.1. The van der Waals surface area contributed by atoms with Crippen molar-refractivity contribution in [1.82, 2.24) is 4.98 Å². The van der Waals surface area contributed by atoms with E-state index in [-0.39, 0.29) is 46.2 Å². The molecule has 0 atom stereocenters. The summed E-state index contributed by atoms with van der Waals surface area (Å²) < 4.78 is 72.9. The summed E-state index contributed by atoms with van der Waals surface area (Å²) in [6.45, 7) is 0. The number of rotatable bonds is 6. The molecular weight excluding hydrogens is 536 g/mol. The van der Waals surface area contributed by atoms with Crippen LogP contribution in [0.3, 0.4) is 0 Å². The largest absolute Gasteiger partial charge is 0.435 e. The predicted octanol–water partition coefficient (Wildman–Crippen LogP) is 11.5. The lowest BCUT2D eigenvalue weighted by molar-refractivity contribution is 0.621. The average molecular weight is 573 g/mol. The maximum absolute atomic E-state index is 8.83. The van der Waals surface area contributed by atoms with Gasteiger partial charge in [0.25, 0.3) is 0 Å². The smallest absolute Gasteiger partial charge is 0.227 e. The van der Waals surface area contributed by atoms with Crippen LogP contribution in [0.2, 0.25) is 0 Å². The fourth-order valence-electron chi connectivity index (χ4n) is 5.42. The number of fused-ring (bicyclic) bond motifs is 2.